The minimum Gasteiger partial charge on any atom is -0.356 e. The van der Waals surface area contributed by atoms with Crippen LogP contribution in [-0.2, 0) is 0 Å². The highest BCUT2D eigenvalue weighted by atomic mass is 15.3. The Balaban J connectivity index is 1.99. The van der Waals surface area contributed by atoms with Crippen LogP contribution in [0, 0.1) is 5.92 Å². The molecule has 2 aliphatic heterocycles. The summed E-state index contributed by atoms with van der Waals surface area (Å²) in [6.07, 6.45) is 3.00. The molecular weight excluding hydrogens is 164 g/mol. The van der Waals surface area contributed by atoms with Gasteiger partial charge in [0.25, 0.3) is 0 Å². The fourth-order valence-electron chi connectivity index (χ4n) is 2.11. The van der Waals surface area contributed by atoms with Gasteiger partial charge in [-0.05, 0) is 19.8 Å². The van der Waals surface area contributed by atoms with Crippen molar-refractivity contribution in [3.05, 3.63) is 0 Å². The molecule has 0 radical (unpaired) electrons. The Kier molecular flexibility index (Phi) is 2.40. The monoisotopic (exact) mass is 182 g/mol. The van der Waals surface area contributed by atoms with Gasteiger partial charge < -0.3 is 10.6 Å². The Labute approximate surface area is 79.2 Å². The first-order chi connectivity index (χ1) is 6.29. The van der Waals surface area contributed by atoms with Gasteiger partial charge in [0, 0.05) is 25.6 Å². The van der Waals surface area contributed by atoms with E-state index in [0.717, 1.165) is 12.5 Å². The molecule has 4 nitrogen and oxygen atoms in total. The molecule has 3 N–H and O–H groups in total. The summed E-state index contributed by atoms with van der Waals surface area (Å²) in [6.45, 7) is 3.28. The van der Waals surface area contributed by atoms with E-state index in [1.807, 2.05) is 7.05 Å². The van der Waals surface area contributed by atoms with Crippen molar-refractivity contribution in [1.82, 2.24) is 16.0 Å². The van der Waals surface area contributed by atoms with Crippen LogP contribution < -0.4 is 16.0 Å². The van der Waals surface area contributed by atoms with Crippen molar-refractivity contribution in [1.29, 1.82) is 0 Å². The molecular formula is C9H18N4. The number of aliphatic imine (C=N–C) groups is 1. The molecule has 0 amide bonds. The molecule has 0 aromatic heterocycles. The van der Waals surface area contributed by atoms with Crippen molar-refractivity contribution in [2.24, 2.45) is 10.9 Å². The smallest absolute Gasteiger partial charge is 0.192 e. The number of hydrogen-bond donors (Lipinski definition) is 3. The fraction of sp³-hybridized carbons (Fsp3) is 0.889. The van der Waals surface area contributed by atoms with Crippen molar-refractivity contribution < 1.29 is 0 Å². The number of hydrogen-bond acceptors (Lipinski definition) is 2. The molecule has 0 aromatic rings. The zero-order chi connectivity index (χ0) is 9.26. The lowest BCUT2D eigenvalue weighted by molar-refractivity contribution is 0.209. The Bertz CT molecular complexity index is 214. The van der Waals surface area contributed by atoms with Crippen LogP contribution >= 0.6 is 0 Å². The van der Waals surface area contributed by atoms with E-state index >= 15 is 0 Å². The van der Waals surface area contributed by atoms with E-state index in [2.05, 4.69) is 27.9 Å². The largest absolute Gasteiger partial charge is 0.356 e. The molecule has 4 heteroatoms. The molecule has 3 unspecified atom stereocenters. The van der Waals surface area contributed by atoms with E-state index in [1.165, 1.54) is 12.8 Å². The van der Waals surface area contributed by atoms with Crippen LogP contribution in [0.4, 0.5) is 0 Å². The molecule has 74 valence electrons. The molecule has 0 bridgehead atoms. The first kappa shape index (κ1) is 8.81. The molecule has 2 heterocycles. The number of rotatable bonds is 0. The minimum atomic E-state index is 0.420. The average molecular weight is 182 g/mol. The van der Waals surface area contributed by atoms with Crippen molar-refractivity contribution >= 4 is 5.96 Å². The van der Waals surface area contributed by atoms with E-state index in [0.29, 0.717) is 18.1 Å². The molecule has 0 aliphatic carbocycles. The molecule has 0 spiro atoms. The topological polar surface area (TPSA) is 48.5 Å². The molecule has 0 aromatic carbocycles. The van der Waals surface area contributed by atoms with Gasteiger partial charge in [0.05, 0.1) is 6.17 Å². The molecule has 2 fully saturated rings. The Morgan fingerprint density at radius 1 is 1.38 bits per heavy atom. The Morgan fingerprint density at radius 3 is 3.00 bits per heavy atom. The summed E-state index contributed by atoms with van der Waals surface area (Å²) in [4.78, 5) is 4.12. The fourth-order valence-corrected chi connectivity index (χ4v) is 2.11. The quantitative estimate of drug-likeness (QED) is 0.489. The van der Waals surface area contributed by atoms with Gasteiger partial charge in [-0.1, -0.05) is 0 Å². The molecule has 3 atom stereocenters. The highest BCUT2D eigenvalue weighted by Gasteiger charge is 2.31. The van der Waals surface area contributed by atoms with E-state index < -0.39 is 0 Å². The van der Waals surface area contributed by atoms with Gasteiger partial charge >= 0.3 is 0 Å². The summed E-state index contributed by atoms with van der Waals surface area (Å²) in [7, 11) is 1.81. The minimum absolute atomic E-state index is 0.420. The second-order valence-corrected chi connectivity index (χ2v) is 3.98. The number of guanidine groups is 1. The summed E-state index contributed by atoms with van der Waals surface area (Å²) in [5.41, 5.74) is 0. The van der Waals surface area contributed by atoms with E-state index in [9.17, 15) is 0 Å². The predicted molar refractivity (Wildman–Crippen MR) is 53.6 cm³/mol. The highest BCUT2D eigenvalue weighted by Crippen LogP contribution is 2.19. The highest BCUT2D eigenvalue weighted by molar-refractivity contribution is 5.80. The van der Waals surface area contributed by atoms with Gasteiger partial charge in [-0.2, -0.15) is 0 Å². The van der Waals surface area contributed by atoms with Crippen LogP contribution in [0.1, 0.15) is 19.8 Å². The number of nitrogens with one attached hydrogen (secondary N) is 3. The van der Waals surface area contributed by atoms with Gasteiger partial charge in [-0.25, -0.2) is 0 Å². The maximum atomic E-state index is 4.12. The van der Waals surface area contributed by atoms with Crippen molar-refractivity contribution in [2.45, 2.75) is 32.0 Å². The van der Waals surface area contributed by atoms with E-state index in [-0.39, 0.29) is 0 Å². The van der Waals surface area contributed by atoms with Crippen LogP contribution in [0.15, 0.2) is 4.99 Å². The standard InChI is InChI=1S/C9H18N4/c1-6-3-4-7-5-11-9(10-2)13-8(7)12-6/h6-8,12H,3-5H2,1-2H3,(H2,10,11,13). The number of fused-ring (bicyclic) bond motifs is 1. The van der Waals surface area contributed by atoms with Gasteiger partial charge in [-0.3, -0.25) is 10.3 Å². The van der Waals surface area contributed by atoms with Crippen molar-refractivity contribution in [3.63, 3.8) is 0 Å². The lowest BCUT2D eigenvalue weighted by Gasteiger charge is -2.41. The van der Waals surface area contributed by atoms with Crippen molar-refractivity contribution in [3.8, 4) is 0 Å². The molecule has 2 rings (SSSR count). The van der Waals surface area contributed by atoms with Crippen LogP contribution in [-0.4, -0.2) is 31.8 Å². The summed E-state index contributed by atoms with van der Waals surface area (Å²) in [5.74, 6) is 1.63. The first-order valence-corrected chi connectivity index (χ1v) is 5.03. The van der Waals surface area contributed by atoms with Gasteiger partial charge in [0.2, 0.25) is 0 Å². The molecule has 2 aliphatic rings. The maximum Gasteiger partial charge on any atom is 0.192 e. The molecule has 13 heavy (non-hydrogen) atoms. The number of nitrogens with zero attached hydrogens (tertiary/aromatic N) is 1. The van der Waals surface area contributed by atoms with Crippen molar-refractivity contribution in [2.75, 3.05) is 13.6 Å². The summed E-state index contributed by atoms with van der Waals surface area (Å²) in [6, 6.07) is 0.630. The first-order valence-electron chi connectivity index (χ1n) is 5.03. The normalized spacial score (nSPS) is 42.0. The lowest BCUT2D eigenvalue weighted by Crippen LogP contribution is -2.64. The third-order valence-corrected chi connectivity index (χ3v) is 2.95. The maximum absolute atomic E-state index is 4.12. The second kappa shape index (κ2) is 3.54. The van der Waals surface area contributed by atoms with E-state index in [4.69, 9.17) is 0 Å². The zero-order valence-electron chi connectivity index (χ0n) is 8.30. The lowest BCUT2D eigenvalue weighted by atomic mass is 9.91. The van der Waals surface area contributed by atoms with Crippen LogP contribution in [0.5, 0.6) is 0 Å². The molecule has 2 saturated heterocycles. The summed E-state index contributed by atoms with van der Waals surface area (Å²) < 4.78 is 0. The Hall–Kier alpha value is -0.770. The zero-order valence-corrected chi connectivity index (χ0v) is 8.30. The summed E-state index contributed by atoms with van der Waals surface area (Å²) in [5, 5.41) is 10.2. The van der Waals surface area contributed by atoms with Gasteiger partial charge in [-0.15, -0.1) is 0 Å². The average Bonchev–Trinajstić information content (AvgIpc) is 2.16. The third-order valence-electron chi connectivity index (χ3n) is 2.95. The van der Waals surface area contributed by atoms with Crippen LogP contribution in [0.2, 0.25) is 0 Å². The predicted octanol–water partition coefficient (Wildman–Crippen LogP) is -0.121. The van der Waals surface area contributed by atoms with Crippen LogP contribution in [0.25, 0.3) is 0 Å². The van der Waals surface area contributed by atoms with Gasteiger partial charge in [0.1, 0.15) is 0 Å². The SMILES string of the molecule is CN=C1NCC2CCC(C)NC2N1. The van der Waals surface area contributed by atoms with E-state index in [1.54, 1.807) is 0 Å². The molecule has 0 saturated carbocycles. The number of piperidine rings is 1. The summed E-state index contributed by atoms with van der Waals surface area (Å²) >= 11 is 0. The Morgan fingerprint density at radius 2 is 2.23 bits per heavy atom. The van der Waals surface area contributed by atoms with Gasteiger partial charge in [0.15, 0.2) is 5.96 Å². The van der Waals surface area contributed by atoms with Crippen LogP contribution in [0.3, 0.4) is 0 Å². The second-order valence-electron chi connectivity index (χ2n) is 3.98. The third kappa shape index (κ3) is 1.77.